The normalized spacial score (nSPS) is 12.6. The topological polar surface area (TPSA) is 69.1 Å². The van der Waals surface area contributed by atoms with Crippen molar-refractivity contribution in [3.63, 3.8) is 0 Å². The summed E-state index contributed by atoms with van der Waals surface area (Å²) in [7, 11) is 0. The van der Waals surface area contributed by atoms with E-state index in [0.717, 1.165) is 10.9 Å². The predicted octanol–water partition coefficient (Wildman–Crippen LogP) is 1.19. The summed E-state index contributed by atoms with van der Waals surface area (Å²) in [6.45, 7) is 0. The Morgan fingerprint density at radius 3 is 2.50 bits per heavy atom. The van der Waals surface area contributed by atoms with Crippen LogP contribution < -0.4 is 11.5 Å². The van der Waals surface area contributed by atoms with E-state index in [1.54, 1.807) is 0 Å². The maximum atomic E-state index is 10.9. The molecule has 0 saturated heterocycles. The highest BCUT2D eigenvalue weighted by molar-refractivity contribution is 5.84. The summed E-state index contributed by atoms with van der Waals surface area (Å²) in [4.78, 5) is 10.9. The largest absolute Gasteiger partial charge is 0.368 e. The Bertz CT molecular complexity index is 522. The maximum absolute atomic E-state index is 10.9. The molecule has 2 rings (SSSR count). The fourth-order valence-corrected chi connectivity index (χ4v) is 1.72. The van der Waals surface area contributed by atoms with Crippen molar-refractivity contribution in [1.29, 1.82) is 0 Å². The van der Waals surface area contributed by atoms with Crippen molar-refractivity contribution in [2.75, 3.05) is 0 Å². The monoisotopic (exact) mass is 214 g/mol. The van der Waals surface area contributed by atoms with Gasteiger partial charge in [0.1, 0.15) is 0 Å². The van der Waals surface area contributed by atoms with Crippen molar-refractivity contribution in [3.8, 4) is 0 Å². The number of hydrogen-bond donors (Lipinski definition) is 2. The molecule has 0 aromatic heterocycles. The molecule has 0 aliphatic rings. The lowest BCUT2D eigenvalue weighted by molar-refractivity contribution is -0.119. The quantitative estimate of drug-likeness (QED) is 0.805. The van der Waals surface area contributed by atoms with Gasteiger partial charge in [0.05, 0.1) is 6.04 Å². The van der Waals surface area contributed by atoms with E-state index < -0.39 is 11.9 Å². The summed E-state index contributed by atoms with van der Waals surface area (Å²) in [5.41, 5.74) is 11.8. The SMILES string of the molecule is NC(=O)C(N)Cc1ccc2ccccc2c1. The molecule has 2 aromatic carbocycles. The molecular formula is C13H14N2O. The van der Waals surface area contributed by atoms with Crippen LogP contribution in [0.25, 0.3) is 10.8 Å². The second kappa shape index (κ2) is 4.33. The molecule has 0 fully saturated rings. The summed E-state index contributed by atoms with van der Waals surface area (Å²) in [6.07, 6.45) is 0.486. The van der Waals surface area contributed by atoms with Crippen LogP contribution in [0, 0.1) is 0 Å². The predicted molar refractivity (Wildman–Crippen MR) is 64.8 cm³/mol. The van der Waals surface area contributed by atoms with Crippen molar-refractivity contribution < 1.29 is 4.79 Å². The average molecular weight is 214 g/mol. The van der Waals surface area contributed by atoms with Gasteiger partial charge < -0.3 is 11.5 Å². The Morgan fingerprint density at radius 2 is 1.81 bits per heavy atom. The maximum Gasteiger partial charge on any atom is 0.234 e. The van der Waals surface area contributed by atoms with Gasteiger partial charge in [-0.05, 0) is 22.8 Å². The van der Waals surface area contributed by atoms with Crippen molar-refractivity contribution in [2.24, 2.45) is 11.5 Å². The van der Waals surface area contributed by atoms with Crippen LogP contribution in [0.2, 0.25) is 0 Å². The highest BCUT2D eigenvalue weighted by Crippen LogP contribution is 2.16. The molecule has 1 unspecified atom stereocenters. The van der Waals surface area contributed by atoms with E-state index in [4.69, 9.17) is 11.5 Å². The second-order valence-corrected chi connectivity index (χ2v) is 3.89. The number of primary amides is 1. The third-order valence-corrected chi connectivity index (χ3v) is 2.63. The summed E-state index contributed by atoms with van der Waals surface area (Å²) in [5, 5.41) is 2.33. The Labute approximate surface area is 94.0 Å². The molecule has 0 aliphatic carbocycles. The molecule has 2 aromatic rings. The number of fused-ring (bicyclic) bond motifs is 1. The van der Waals surface area contributed by atoms with Gasteiger partial charge in [-0.25, -0.2) is 0 Å². The number of carbonyl (C=O) groups excluding carboxylic acids is 1. The van der Waals surface area contributed by atoms with Crippen molar-refractivity contribution in [1.82, 2.24) is 0 Å². The van der Waals surface area contributed by atoms with Crippen LogP contribution in [0.3, 0.4) is 0 Å². The van der Waals surface area contributed by atoms with Gasteiger partial charge in [0.2, 0.25) is 5.91 Å². The molecule has 1 atom stereocenters. The van der Waals surface area contributed by atoms with Gasteiger partial charge in [-0.15, -0.1) is 0 Å². The lowest BCUT2D eigenvalue weighted by Gasteiger charge is -2.08. The molecule has 82 valence electrons. The Morgan fingerprint density at radius 1 is 1.12 bits per heavy atom. The lowest BCUT2D eigenvalue weighted by atomic mass is 10.0. The molecule has 0 bridgehead atoms. The van der Waals surface area contributed by atoms with Crippen LogP contribution in [0.4, 0.5) is 0 Å². The first kappa shape index (κ1) is 10.6. The van der Waals surface area contributed by atoms with Gasteiger partial charge in [0, 0.05) is 0 Å². The second-order valence-electron chi connectivity index (χ2n) is 3.89. The molecule has 0 spiro atoms. The fourth-order valence-electron chi connectivity index (χ4n) is 1.72. The first-order chi connectivity index (χ1) is 7.66. The van der Waals surface area contributed by atoms with Crippen LogP contribution in [0.5, 0.6) is 0 Å². The molecule has 0 aliphatic heterocycles. The first-order valence-corrected chi connectivity index (χ1v) is 5.19. The van der Waals surface area contributed by atoms with Crippen LogP contribution in [0.15, 0.2) is 42.5 Å². The summed E-state index contributed by atoms with van der Waals surface area (Å²) < 4.78 is 0. The van der Waals surface area contributed by atoms with E-state index in [1.165, 1.54) is 5.39 Å². The number of benzene rings is 2. The van der Waals surface area contributed by atoms with Crippen LogP contribution in [-0.2, 0) is 11.2 Å². The molecular weight excluding hydrogens is 200 g/mol. The minimum Gasteiger partial charge on any atom is -0.368 e. The average Bonchev–Trinajstić information content (AvgIpc) is 2.28. The van der Waals surface area contributed by atoms with Crippen LogP contribution in [0.1, 0.15) is 5.56 Å². The summed E-state index contributed by atoms with van der Waals surface area (Å²) in [6, 6.07) is 13.5. The molecule has 3 nitrogen and oxygen atoms in total. The Balaban J connectivity index is 2.29. The van der Waals surface area contributed by atoms with Crippen molar-refractivity contribution in [2.45, 2.75) is 12.5 Å². The zero-order valence-electron chi connectivity index (χ0n) is 8.89. The van der Waals surface area contributed by atoms with Crippen LogP contribution in [-0.4, -0.2) is 11.9 Å². The molecule has 1 amide bonds. The number of carbonyl (C=O) groups is 1. The number of rotatable bonds is 3. The third kappa shape index (κ3) is 2.20. The highest BCUT2D eigenvalue weighted by Gasteiger charge is 2.09. The number of hydrogen-bond acceptors (Lipinski definition) is 2. The summed E-state index contributed by atoms with van der Waals surface area (Å²) in [5.74, 6) is -0.465. The van der Waals surface area contributed by atoms with Gasteiger partial charge in [-0.1, -0.05) is 42.5 Å². The van der Waals surface area contributed by atoms with Gasteiger partial charge in [0.15, 0.2) is 0 Å². The van der Waals surface area contributed by atoms with E-state index >= 15 is 0 Å². The molecule has 0 saturated carbocycles. The number of nitrogens with two attached hydrogens (primary N) is 2. The van der Waals surface area contributed by atoms with E-state index in [2.05, 4.69) is 0 Å². The zero-order chi connectivity index (χ0) is 11.5. The Hall–Kier alpha value is -1.87. The third-order valence-electron chi connectivity index (χ3n) is 2.63. The molecule has 3 heteroatoms. The van der Waals surface area contributed by atoms with E-state index in [1.807, 2.05) is 42.5 Å². The van der Waals surface area contributed by atoms with Crippen molar-refractivity contribution in [3.05, 3.63) is 48.0 Å². The molecule has 16 heavy (non-hydrogen) atoms. The van der Waals surface area contributed by atoms with Gasteiger partial charge >= 0.3 is 0 Å². The highest BCUT2D eigenvalue weighted by atomic mass is 16.1. The van der Waals surface area contributed by atoms with Gasteiger partial charge in [-0.2, -0.15) is 0 Å². The number of amides is 1. The standard InChI is InChI=1S/C13H14N2O/c14-12(13(15)16)8-9-5-6-10-3-1-2-4-11(10)7-9/h1-7,12H,8,14H2,(H2,15,16). The smallest absolute Gasteiger partial charge is 0.234 e. The zero-order valence-corrected chi connectivity index (χ0v) is 8.89. The van der Waals surface area contributed by atoms with E-state index in [0.29, 0.717) is 6.42 Å². The minimum absolute atomic E-state index is 0.465. The van der Waals surface area contributed by atoms with E-state index in [-0.39, 0.29) is 0 Å². The Kier molecular flexibility index (Phi) is 2.88. The van der Waals surface area contributed by atoms with Crippen molar-refractivity contribution >= 4 is 16.7 Å². The van der Waals surface area contributed by atoms with E-state index in [9.17, 15) is 4.79 Å². The molecule has 0 radical (unpaired) electrons. The van der Waals surface area contributed by atoms with Gasteiger partial charge in [-0.3, -0.25) is 4.79 Å². The first-order valence-electron chi connectivity index (χ1n) is 5.19. The fraction of sp³-hybridized carbons (Fsp3) is 0.154. The lowest BCUT2D eigenvalue weighted by Crippen LogP contribution is -2.38. The van der Waals surface area contributed by atoms with Gasteiger partial charge in [0.25, 0.3) is 0 Å². The molecule has 0 heterocycles. The van der Waals surface area contributed by atoms with Crippen LogP contribution >= 0.6 is 0 Å². The minimum atomic E-state index is -0.610. The summed E-state index contributed by atoms with van der Waals surface area (Å²) >= 11 is 0. The molecule has 4 N–H and O–H groups in total.